The Morgan fingerprint density at radius 1 is 1.18 bits per heavy atom. The molecule has 1 atom stereocenters. The van der Waals surface area contributed by atoms with Crippen LogP contribution in [-0.2, 0) is 16.9 Å². The van der Waals surface area contributed by atoms with Gasteiger partial charge in [-0.25, -0.2) is 4.79 Å². The summed E-state index contributed by atoms with van der Waals surface area (Å²) < 4.78 is 4.60. The Morgan fingerprint density at radius 2 is 1.86 bits per heavy atom. The Balaban J connectivity index is 2.26. The van der Waals surface area contributed by atoms with E-state index >= 15 is 0 Å². The zero-order valence-electron chi connectivity index (χ0n) is 14.1. The number of ether oxygens (including phenoxy) is 1. The highest BCUT2D eigenvalue weighted by atomic mass is 32.2. The van der Waals surface area contributed by atoms with Crippen molar-refractivity contribution in [2.75, 3.05) is 12.9 Å². The lowest BCUT2D eigenvalue weighted by Crippen LogP contribution is -2.33. The van der Waals surface area contributed by atoms with Crippen LogP contribution < -0.4 is 5.32 Å². The first kappa shape index (κ1) is 18.9. The van der Waals surface area contributed by atoms with Crippen LogP contribution in [0.25, 0.3) is 0 Å². The maximum Gasteiger partial charge on any atom is 0.407 e. The van der Waals surface area contributed by atoms with Gasteiger partial charge in [-0.3, -0.25) is 0 Å². The summed E-state index contributed by atoms with van der Waals surface area (Å²) >= 11 is 2.01. The summed E-state index contributed by atoms with van der Waals surface area (Å²) in [5, 5.41) is 2.79. The van der Waals surface area contributed by atoms with Crippen molar-refractivity contribution >= 4 is 17.9 Å². The van der Waals surface area contributed by atoms with Gasteiger partial charge in [0.15, 0.2) is 0 Å². The lowest BCUT2D eigenvalue weighted by Gasteiger charge is -2.13. The molecule has 1 aromatic carbocycles. The molecule has 0 saturated heterocycles. The van der Waals surface area contributed by atoms with Gasteiger partial charge in [0, 0.05) is 11.8 Å². The summed E-state index contributed by atoms with van der Waals surface area (Å²) in [4.78, 5) is 11.1. The van der Waals surface area contributed by atoms with Crippen molar-refractivity contribution in [2.24, 2.45) is 0 Å². The number of methoxy groups -OCH3 is 1. The van der Waals surface area contributed by atoms with Gasteiger partial charge in [0.1, 0.15) is 0 Å². The third kappa shape index (κ3) is 8.32. The number of carbonyl (C=O) groups is 1. The van der Waals surface area contributed by atoms with Crippen LogP contribution in [0.5, 0.6) is 0 Å². The molecular weight excluding hydrogens is 294 g/mol. The van der Waals surface area contributed by atoms with Crippen LogP contribution in [0.3, 0.4) is 0 Å². The standard InChI is InChI=1S/C18H29NO2S/c1-4-5-6-7-12-22-14-17-10-8-16(9-11-17)13-15(2)19-18(20)21-3/h8-11,15H,4-7,12-14H2,1-3H3,(H,19,20). The number of hydrogen-bond donors (Lipinski definition) is 1. The number of thioether (sulfide) groups is 1. The number of nitrogens with one attached hydrogen (secondary N) is 1. The van der Waals surface area contributed by atoms with Crippen molar-refractivity contribution in [2.45, 2.75) is 57.7 Å². The van der Waals surface area contributed by atoms with Gasteiger partial charge in [-0.15, -0.1) is 0 Å². The molecule has 1 N–H and O–H groups in total. The highest BCUT2D eigenvalue weighted by Crippen LogP contribution is 2.16. The Labute approximate surface area is 139 Å². The van der Waals surface area contributed by atoms with E-state index < -0.39 is 0 Å². The molecule has 0 saturated carbocycles. The zero-order chi connectivity index (χ0) is 16.2. The average molecular weight is 324 g/mol. The predicted octanol–water partition coefficient (Wildman–Crippen LogP) is 4.79. The van der Waals surface area contributed by atoms with Gasteiger partial charge in [0.05, 0.1) is 7.11 Å². The van der Waals surface area contributed by atoms with E-state index in [2.05, 4.69) is 41.2 Å². The normalized spacial score (nSPS) is 12.0. The molecule has 1 amide bonds. The van der Waals surface area contributed by atoms with Crippen molar-refractivity contribution in [1.29, 1.82) is 0 Å². The minimum absolute atomic E-state index is 0.0752. The van der Waals surface area contributed by atoms with E-state index in [1.165, 1.54) is 49.7 Å². The van der Waals surface area contributed by atoms with Crippen LogP contribution >= 0.6 is 11.8 Å². The van der Waals surface area contributed by atoms with Crippen molar-refractivity contribution in [3.8, 4) is 0 Å². The molecule has 124 valence electrons. The molecule has 0 fully saturated rings. The summed E-state index contributed by atoms with van der Waals surface area (Å²) in [5.41, 5.74) is 2.61. The van der Waals surface area contributed by atoms with E-state index in [1.54, 1.807) is 0 Å². The van der Waals surface area contributed by atoms with Crippen LogP contribution in [0.15, 0.2) is 24.3 Å². The maximum atomic E-state index is 11.1. The first-order chi connectivity index (χ1) is 10.7. The summed E-state index contributed by atoms with van der Waals surface area (Å²) in [6.07, 6.45) is 5.78. The molecule has 3 nitrogen and oxygen atoms in total. The molecule has 1 unspecified atom stereocenters. The number of benzene rings is 1. The summed E-state index contributed by atoms with van der Waals surface area (Å²) in [7, 11) is 1.39. The summed E-state index contributed by atoms with van der Waals surface area (Å²) in [6.45, 7) is 4.23. The van der Waals surface area contributed by atoms with Crippen LogP contribution in [-0.4, -0.2) is 25.0 Å². The molecule has 0 aliphatic heterocycles. The van der Waals surface area contributed by atoms with E-state index in [-0.39, 0.29) is 12.1 Å². The van der Waals surface area contributed by atoms with Crippen LogP contribution in [0.1, 0.15) is 50.7 Å². The molecule has 4 heteroatoms. The summed E-state index contributed by atoms with van der Waals surface area (Å²) in [6, 6.07) is 8.77. The third-order valence-electron chi connectivity index (χ3n) is 3.53. The predicted molar refractivity (Wildman–Crippen MR) is 95.5 cm³/mol. The van der Waals surface area contributed by atoms with Gasteiger partial charge in [-0.05, 0) is 36.6 Å². The van der Waals surface area contributed by atoms with E-state index in [9.17, 15) is 4.79 Å². The average Bonchev–Trinajstić information content (AvgIpc) is 2.52. The zero-order valence-corrected chi connectivity index (χ0v) is 14.9. The van der Waals surface area contributed by atoms with Crippen molar-refractivity contribution in [3.63, 3.8) is 0 Å². The second-order valence-electron chi connectivity index (χ2n) is 5.67. The molecule has 1 rings (SSSR count). The highest BCUT2D eigenvalue weighted by Gasteiger charge is 2.07. The van der Waals surface area contributed by atoms with Crippen molar-refractivity contribution < 1.29 is 9.53 Å². The molecular formula is C18H29NO2S. The number of carbonyl (C=O) groups excluding carboxylic acids is 1. The van der Waals surface area contributed by atoms with Crippen LogP contribution in [0.2, 0.25) is 0 Å². The number of unbranched alkanes of at least 4 members (excludes halogenated alkanes) is 3. The highest BCUT2D eigenvalue weighted by molar-refractivity contribution is 7.98. The molecule has 1 aromatic rings. The Hall–Kier alpha value is -1.16. The monoisotopic (exact) mass is 323 g/mol. The number of alkyl carbamates (subject to hydrolysis) is 1. The van der Waals surface area contributed by atoms with Crippen LogP contribution in [0.4, 0.5) is 4.79 Å². The number of rotatable bonds is 10. The van der Waals surface area contributed by atoms with Crippen LogP contribution in [0, 0.1) is 0 Å². The smallest absolute Gasteiger partial charge is 0.407 e. The minimum Gasteiger partial charge on any atom is -0.453 e. The van der Waals surface area contributed by atoms with Gasteiger partial charge in [-0.2, -0.15) is 11.8 Å². The third-order valence-corrected chi connectivity index (χ3v) is 4.64. The van der Waals surface area contributed by atoms with Gasteiger partial charge in [-0.1, -0.05) is 50.5 Å². The number of amides is 1. The quantitative estimate of drug-likeness (QED) is 0.629. The van der Waals surface area contributed by atoms with Gasteiger partial charge in [0.2, 0.25) is 0 Å². The fourth-order valence-corrected chi connectivity index (χ4v) is 3.24. The van der Waals surface area contributed by atoms with E-state index in [0.717, 1.165) is 12.2 Å². The molecule has 0 aromatic heterocycles. The summed E-state index contributed by atoms with van der Waals surface area (Å²) in [5.74, 6) is 2.34. The Morgan fingerprint density at radius 3 is 2.50 bits per heavy atom. The lowest BCUT2D eigenvalue weighted by molar-refractivity contribution is 0.167. The first-order valence-electron chi connectivity index (χ1n) is 8.15. The molecule has 0 radical (unpaired) electrons. The second-order valence-corrected chi connectivity index (χ2v) is 6.78. The fourth-order valence-electron chi connectivity index (χ4n) is 2.26. The maximum absolute atomic E-state index is 11.1. The molecule has 0 spiro atoms. The molecule has 0 aliphatic carbocycles. The molecule has 0 bridgehead atoms. The second kappa shape index (κ2) is 11.4. The van der Waals surface area contributed by atoms with E-state index in [0.29, 0.717) is 0 Å². The Kier molecular flexibility index (Phi) is 9.80. The topological polar surface area (TPSA) is 38.3 Å². The number of hydrogen-bond acceptors (Lipinski definition) is 3. The first-order valence-corrected chi connectivity index (χ1v) is 9.31. The molecule has 0 aliphatic rings. The van der Waals surface area contributed by atoms with Crippen molar-refractivity contribution in [1.82, 2.24) is 5.32 Å². The fraction of sp³-hybridized carbons (Fsp3) is 0.611. The lowest BCUT2D eigenvalue weighted by atomic mass is 10.1. The van der Waals surface area contributed by atoms with Gasteiger partial charge >= 0.3 is 6.09 Å². The van der Waals surface area contributed by atoms with Crippen molar-refractivity contribution in [3.05, 3.63) is 35.4 Å². The SMILES string of the molecule is CCCCCCSCc1ccc(CC(C)NC(=O)OC)cc1. The van der Waals surface area contributed by atoms with Gasteiger partial charge < -0.3 is 10.1 Å². The largest absolute Gasteiger partial charge is 0.453 e. The Bertz CT molecular complexity index is 420. The van der Waals surface area contributed by atoms with E-state index in [4.69, 9.17) is 0 Å². The van der Waals surface area contributed by atoms with Gasteiger partial charge in [0.25, 0.3) is 0 Å². The molecule has 22 heavy (non-hydrogen) atoms. The minimum atomic E-state index is -0.372. The molecule has 0 heterocycles. The van der Waals surface area contributed by atoms with E-state index in [1.807, 2.05) is 18.7 Å².